The quantitative estimate of drug-likeness (QED) is 0.179. The van der Waals surface area contributed by atoms with Crippen molar-refractivity contribution in [3.05, 3.63) is 125 Å². The molecular formula is C38H39N3O7S. The molecule has 4 aromatic carbocycles. The SMILES string of the molecule is COc1cc2c(cc1OC)CN(CC1CC(c3ccc(CO)cc3)OC(c3cccc(NS(=O)(=O)c4cccc5cccnc45)c3)O1)CC2. The van der Waals surface area contributed by atoms with Crippen molar-refractivity contribution in [1.29, 1.82) is 0 Å². The molecule has 0 bridgehead atoms. The number of ether oxygens (including phenoxy) is 4. The minimum atomic E-state index is -3.95. The Balaban J connectivity index is 1.14. The lowest BCUT2D eigenvalue weighted by Gasteiger charge is -2.39. The first-order valence-electron chi connectivity index (χ1n) is 16.3. The number of hydrogen-bond donors (Lipinski definition) is 2. The summed E-state index contributed by atoms with van der Waals surface area (Å²) < 4.78 is 54.2. The van der Waals surface area contributed by atoms with Crippen LogP contribution in [0.15, 0.2) is 102 Å². The molecule has 2 aliphatic heterocycles. The number of rotatable bonds is 10. The van der Waals surface area contributed by atoms with E-state index in [2.05, 4.69) is 26.7 Å². The number of methoxy groups -OCH3 is 2. The van der Waals surface area contributed by atoms with Crippen molar-refractivity contribution in [2.45, 2.75) is 49.4 Å². The van der Waals surface area contributed by atoms with Crippen LogP contribution in [0, 0.1) is 0 Å². The maximum Gasteiger partial charge on any atom is 0.264 e. The van der Waals surface area contributed by atoms with E-state index in [-0.39, 0.29) is 23.7 Å². The van der Waals surface area contributed by atoms with Crippen molar-refractivity contribution in [1.82, 2.24) is 9.88 Å². The second kappa shape index (κ2) is 14.1. The fourth-order valence-corrected chi connectivity index (χ4v) is 7.90. The Morgan fingerprint density at radius 1 is 0.898 bits per heavy atom. The van der Waals surface area contributed by atoms with Gasteiger partial charge in [-0.15, -0.1) is 0 Å². The summed E-state index contributed by atoms with van der Waals surface area (Å²) in [6, 6.07) is 27.7. The van der Waals surface area contributed by atoms with Gasteiger partial charge >= 0.3 is 0 Å². The van der Waals surface area contributed by atoms with Crippen LogP contribution in [0.3, 0.4) is 0 Å². The van der Waals surface area contributed by atoms with Gasteiger partial charge in [0, 0.05) is 48.9 Å². The molecule has 0 amide bonds. The first-order valence-corrected chi connectivity index (χ1v) is 17.7. The van der Waals surface area contributed by atoms with Crippen LogP contribution in [-0.2, 0) is 39.1 Å². The summed E-state index contributed by atoms with van der Waals surface area (Å²) >= 11 is 0. The van der Waals surface area contributed by atoms with Gasteiger partial charge in [-0.05, 0) is 65.1 Å². The number of aliphatic hydroxyl groups excluding tert-OH is 1. The van der Waals surface area contributed by atoms with Crippen LogP contribution in [0.5, 0.6) is 11.5 Å². The van der Waals surface area contributed by atoms with Gasteiger partial charge in [-0.1, -0.05) is 54.6 Å². The first kappa shape index (κ1) is 33.0. The van der Waals surface area contributed by atoms with Gasteiger partial charge in [0.2, 0.25) is 0 Å². The summed E-state index contributed by atoms with van der Waals surface area (Å²) in [6.07, 6.45) is 1.89. The lowest BCUT2D eigenvalue weighted by molar-refractivity contribution is -0.253. The van der Waals surface area contributed by atoms with E-state index in [4.69, 9.17) is 18.9 Å². The number of aliphatic hydroxyl groups is 1. The van der Waals surface area contributed by atoms with E-state index >= 15 is 0 Å². The van der Waals surface area contributed by atoms with Gasteiger partial charge in [0.15, 0.2) is 17.8 Å². The van der Waals surface area contributed by atoms with Gasteiger partial charge in [0.05, 0.1) is 38.6 Å². The molecule has 10 nitrogen and oxygen atoms in total. The molecule has 11 heteroatoms. The van der Waals surface area contributed by atoms with E-state index in [9.17, 15) is 13.5 Å². The van der Waals surface area contributed by atoms with Crippen LogP contribution in [0.4, 0.5) is 5.69 Å². The van der Waals surface area contributed by atoms with Crippen LogP contribution in [0.2, 0.25) is 0 Å². The van der Waals surface area contributed by atoms with E-state index in [0.717, 1.165) is 41.8 Å². The zero-order valence-corrected chi connectivity index (χ0v) is 28.2. The minimum absolute atomic E-state index is 0.0369. The Morgan fingerprint density at radius 2 is 1.65 bits per heavy atom. The second-order valence-corrected chi connectivity index (χ2v) is 14.0. The third-order valence-electron chi connectivity index (χ3n) is 9.17. The van der Waals surface area contributed by atoms with Crippen molar-refractivity contribution < 1.29 is 32.5 Å². The monoisotopic (exact) mass is 681 g/mol. The van der Waals surface area contributed by atoms with Crippen molar-refractivity contribution in [3.63, 3.8) is 0 Å². The summed E-state index contributed by atoms with van der Waals surface area (Å²) in [5.41, 5.74) is 5.74. The Morgan fingerprint density at radius 3 is 2.43 bits per heavy atom. The Kier molecular flexibility index (Phi) is 9.53. The van der Waals surface area contributed by atoms with Gasteiger partial charge < -0.3 is 24.1 Å². The Hall–Kier alpha value is -4.52. The highest BCUT2D eigenvalue weighted by molar-refractivity contribution is 7.93. The first-order chi connectivity index (χ1) is 23.8. The second-order valence-electron chi connectivity index (χ2n) is 12.4. The van der Waals surface area contributed by atoms with Crippen molar-refractivity contribution >= 4 is 26.6 Å². The molecule has 1 fully saturated rings. The van der Waals surface area contributed by atoms with Gasteiger partial charge in [0.25, 0.3) is 10.0 Å². The molecule has 1 saturated heterocycles. The summed E-state index contributed by atoms with van der Waals surface area (Å²) in [6.45, 7) is 2.26. The smallest absolute Gasteiger partial charge is 0.264 e. The van der Waals surface area contributed by atoms with E-state index in [0.29, 0.717) is 35.5 Å². The van der Waals surface area contributed by atoms with E-state index in [1.807, 2.05) is 42.5 Å². The molecule has 0 aliphatic carbocycles. The number of fused-ring (bicyclic) bond motifs is 2. The molecule has 2 N–H and O–H groups in total. The minimum Gasteiger partial charge on any atom is -0.493 e. The van der Waals surface area contributed by atoms with E-state index in [1.165, 1.54) is 11.1 Å². The lowest BCUT2D eigenvalue weighted by atomic mass is 9.97. The molecule has 5 aromatic rings. The fraction of sp³-hybridized carbons (Fsp3) is 0.289. The van der Waals surface area contributed by atoms with Gasteiger partial charge in [-0.3, -0.25) is 14.6 Å². The highest BCUT2D eigenvalue weighted by atomic mass is 32.2. The maximum atomic E-state index is 13.6. The van der Waals surface area contributed by atoms with E-state index in [1.54, 1.807) is 56.8 Å². The third-order valence-corrected chi connectivity index (χ3v) is 10.6. The summed E-state index contributed by atoms with van der Waals surface area (Å²) in [7, 11) is -0.650. The molecule has 0 radical (unpaired) electrons. The number of nitrogens with one attached hydrogen (secondary N) is 1. The van der Waals surface area contributed by atoms with Crippen LogP contribution in [0.25, 0.3) is 10.9 Å². The highest BCUT2D eigenvalue weighted by Crippen LogP contribution is 2.40. The summed E-state index contributed by atoms with van der Waals surface area (Å²) in [5, 5.41) is 10.3. The zero-order chi connectivity index (χ0) is 34.0. The molecule has 3 unspecified atom stereocenters. The fourth-order valence-electron chi connectivity index (χ4n) is 6.67. The number of anilines is 1. The molecule has 3 heterocycles. The zero-order valence-electron chi connectivity index (χ0n) is 27.4. The molecule has 0 spiro atoms. The van der Waals surface area contributed by atoms with Crippen LogP contribution in [0.1, 0.15) is 46.6 Å². The van der Waals surface area contributed by atoms with Crippen LogP contribution >= 0.6 is 0 Å². The number of pyridine rings is 1. The predicted octanol–water partition coefficient (Wildman–Crippen LogP) is 6.15. The number of aromatic nitrogens is 1. The van der Waals surface area contributed by atoms with Crippen molar-refractivity contribution in [3.8, 4) is 11.5 Å². The normalized spacial score (nSPS) is 19.7. The highest BCUT2D eigenvalue weighted by Gasteiger charge is 2.34. The average Bonchev–Trinajstić information content (AvgIpc) is 3.13. The molecule has 1 aromatic heterocycles. The largest absolute Gasteiger partial charge is 0.493 e. The average molecular weight is 682 g/mol. The molecule has 3 atom stereocenters. The summed E-state index contributed by atoms with van der Waals surface area (Å²) in [4.78, 5) is 6.81. The molecule has 49 heavy (non-hydrogen) atoms. The predicted molar refractivity (Wildman–Crippen MR) is 186 cm³/mol. The van der Waals surface area contributed by atoms with Crippen LogP contribution in [-0.4, -0.2) is 56.8 Å². The molecule has 2 aliphatic rings. The van der Waals surface area contributed by atoms with Gasteiger partial charge in [-0.2, -0.15) is 0 Å². The van der Waals surface area contributed by atoms with Gasteiger partial charge in [0.1, 0.15) is 4.90 Å². The van der Waals surface area contributed by atoms with E-state index < -0.39 is 16.3 Å². The van der Waals surface area contributed by atoms with Crippen molar-refractivity contribution in [2.24, 2.45) is 0 Å². The molecule has 254 valence electrons. The van der Waals surface area contributed by atoms with Crippen LogP contribution < -0.4 is 14.2 Å². The number of sulfonamides is 1. The Labute approximate surface area is 286 Å². The summed E-state index contributed by atoms with van der Waals surface area (Å²) in [5.74, 6) is 1.45. The Bertz CT molecular complexity index is 2050. The maximum absolute atomic E-state index is 13.6. The molecule has 7 rings (SSSR count). The standard InChI is InChI=1S/C38H39N3O7S/c1-45-34-19-28-15-17-41(22-30(28)20-35(34)46-2)23-32-21-33(26-13-11-25(24-42)12-14-26)48-38(47-32)29-7-3-9-31(18-29)40-49(43,44)36-10-4-6-27-8-5-16-39-37(27)36/h3-14,16,18-20,32-33,38,40,42H,15,17,21-24H2,1-2H3. The number of hydrogen-bond acceptors (Lipinski definition) is 9. The third kappa shape index (κ3) is 7.12. The lowest BCUT2D eigenvalue weighted by Crippen LogP contribution is -2.41. The topological polar surface area (TPSA) is 119 Å². The molecular weight excluding hydrogens is 642 g/mol. The van der Waals surface area contributed by atoms with Gasteiger partial charge in [-0.25, -0.2) is 8.42 Å². The number of benzene rings is 4. The van der Waals surface area contributed by atoms with Crippen molar-refractivity contribution in [2.75, 3.05) is 32.0 Å². The molecule has 0 saturated carbocycles. The number of nitrogens with zero attached hydrogens (tertiary/aromatic N) is 2. The number of para-hydroxylation sites is 1.